The van der Waals surface area contributed by atoms with Crippen LogP contribution in [0.5, 0.6) is 0 Å². The Hall–Kier alpha value is -1.78. The number of halogens is 2. The SMILES string of the molecule is CC(=O)N(F)C([C]=O)Cc1ccccc1F. The fourth-order valence-corrected chi connectivity index (χ4v) is 1.26. The molecule has 0 aliphatic carbocycles. The third-order valence-electron chi connectivity index (χ3n) is 2.08. The van der Waals surface area contributed by atoms with E-state index >= 15 is 0 Å². The van der Waals surface area contributed by atoms with Gasteiger partial charge in [0.25, 0.3) is 0 Å². The Kier molecular flexibility index (Phi) is 4.10. The maximum absolute atomic E-state index is 13.2. The van der Waals surface area contributed by atoms with Crippen molar-refractivity contribution in [3.63, 3.8) is 0 Å². The third-order valence-corrected chi connectivity index (χ3v) is 2.08. The minimum Gasteiger partial charge on any atom is -0.288 e. The average molecular weight is 226 g/mol. The normalized spacial score (nSPS) is 11.9. The number of carbonyl (C=O) groups is 1. The zero-order chi connectivity index (χ0) is 12.1. The fraction of sp³-hybridized carbons (Fsp3) is 0.273. The standard InChI is InChI=1S/C11H10F2NO2/c1-8(16)14(13)10(7-15)6-9-4-2-3-5-11(9)12/h2-5,10H,6H2,1H3. The molecule has 0 heterocycles. The van der Waals surface area contributed by atoms with E-state index in [0.717, 1.165) is 6.92 Å². The van der Waals surface area contributed by atoms with Gasteiger partial charge in [-0.1, -0.05) is 22.7 Å². The van der Waals surface area contributed by atoms with Crippen LogP contribution in [0.15, 0.2) is 24.3 Å². The molecule has 0 saturated heterocycles. The van der Waals surface area contributed by atoms with Gasteiger partial charge in [0.15, 0.2) is 0 Å². The first kappa shape index (κ1) is 12.3. The van der Waals surface area contributed by atoms with Crippen LogP contribution in [-0.4, -0.2) is 23.4 Å². The molecule has 16 heavy (non-hydrogen) atoms. The summed E-state index contributed by atoms with van der Waals surface area (Å²) >= 11 is 0. The largest absolute Gasteiger partial charge is 0.288 e. The van der Waals surface area contributed by atoms with Crippen molar-refractivity contribution in [3.05, 3.63) is 35.6 Å². The molecule has 1 atom stereocenters. The predicted molar refractivity (Wildman–Crippen MR) is 53.2 cm³/mol. The minimum atomic E-state index is -1.41. The molecular formula is C11H10F2NO2. The van der Waals surface area contributed by atoms with E-state index in [4.69, 9.17) is 0 Å². The molecule has 3 nitrogen and oxygen atoms in total. The molecule has 0 aliphatic rings. The van der Waals surface area contributed by atoms with E-state index in [0.29, 0.717) is 0 Å². The fourth-order valence-electron chi connectivity index (χ4n) is 1.26. The van der Waals surface area contributed by atoms with Crippen LogP contribution in [0.3, 0.4) is 0 Å². The lowest BCUT2D eigenvalue weighted by atomic mass is 10.1. The average Bonchev–Trinajstić information content (AvgIpc) is 2.27. The summed E-state index contributed by atoms with van der Waals surface area (Å²) in [5.74, 6) is -1.45. The Labute approximate surface area is 91.6 Å². The van der Waals surface area contributed by atoms with Crippen LogP contribution < -0.4 is 0 Å². The number of hydrogen-bond donors (Lipinski definition) is 0. The highest BCUT2D eigenvalue weighted by Crippen LogP contribution is 2.12. The number of hydrogen-bond acceptors (Lipinski definition) is 2. The molecule has 1 amide bonds. The summed E-state index contributed by atoms with van der Waals surface area (Å²) in [6.45, 7) is 0.978. The van der Waals surface area contributed by atoms with Crippen molar-refractivity contribution in [2.45, 2.75) is 19.4 Å². The van der Waals surface area contributed by atoms with Crippen LogP contribution in [0.4, 0.5) is 8.87 Å². The van der Waals surface area contributed by atoms with Crippen molar-refractivity contribution in [3.8, 4) is 0 Å². The molecule has 0 spiro atoms. The van der Waals surface area contributed by atoms with Gasteiger partial charge < -0.3 is 0 Å². The van der Waals surface area contributed by atoms with Gasteiger partial charge in [-0.2, -0.15) is 5.12 Å². The second kappa shape index (κ2) is 5.34. The van der Waals surface area contributed by atoms with Gasteiger partial charge in [-0.25, -0.2) is 4.39 Å². The first-order valence-corrected chi connectivity index (χ1v) is 4.63. The van der Waals surface area contributed by atoms with Crippen LogP contribution in [-0.2, 0) is 16.0 Å². The molecule has 0 bridgehead atoms. The highest BCUT2D eigenvalue weighted by Gasteiger charge is 2.22. The first-order chi connectivity index (χ1) is 7.56. The van der Waals surface area contributed by atoms with E-state index in [-0.39, 0.29) is 17.1 Å². The first-order valence-electron chi connectivity index (χ1n) is 4.63. The minimum absolute atomic E-state index is 0.166. The molecule has 0 aliphatic heterocycles. The number of benzene rings is 1. The van der Waals surface area contributed by atoms with Crippen molar-refractivity contribution in [2.24, 2.45) is 0 Å². The van der Waals surface area contributed by atoms with Crippen LogP contribution in [0.25, 0.3) is 0 Å². The zero-order valence-corrected chi connectivity index (χ0v) is 8.61. The van der Waals surface area contributed by atoms with Crippen molar-refractivity contribution in [2.75, 3.05) is 0 Å². The van der Waals surface area contributed by atoms with Gasteiger partial charge in [0.05, 0.1) is 0 Å². The molecule has 1 rings (SSSR count). The summed E-state index contributed by atoms with van der Waals surface area (Å²) < 4.78 is 26.3. The summed E-state index contributed by atoms with van der Waals surface area (Å²) in [5.41, 5.74) is 0.166. The van der Waals surface area contributed by atoms with Gasteiger partial charge in [-0.15, -0.1) is 0 Å². The molecule has 0 fully saturated rings. The Morgan fingerprint density at radius 1 is 1.50 bits per heavy atom. The van der Waals surface area contributed by atoms with Gasteiger partial charge in [0, 0.05) is 13.3 Å². The van der Waals surface area contributed by atoms with Crippen LogP contribution in [0.2, 0.25) is 0 Å². The monoisotopic (exact) mass is 226 g/mol. The molecule has 1 unspecified atom stereocenters. The van der Waals surface area contributed by atoms with E-state index in [1.807, 2.05) is 0 Å². The lowest BCUT2D eigenvalue weighted by Gasteiger charge is -2.16. The smallest absolute Gasteiger partial charge is 0.247 e. The molecule has 0 aromatic heterocycles. The number of nitrogens with zero attached hydrogens (tertiary/aromatic N) is 1. The second-order valence-corrected chi connectivity index (χ2v) is 3.26. The van der Waals surface area contributed by atoms with Gasteiger partial charge in [-0.05, 0) is 11.6 Å². The van der Waals surface area contributed by atoms with E-state index in [1.54, 1.807) is 6.07 Å². The number of rotatable bonds is 4. The van der Waals surface area contributed by atoms with E-state index in [2.05, 4.69) is 0 Å². The Morgan fingerprint density at radius 3 is 2.62 bits per heavy atom. The van der Waals surface area contributed by atoms with Gasteiger partial charge in [0.1, 0.15) is 11.9 Å². The summed E-state index contributed by atoms with van der Waals surface area (Å²) in [6, 6.07) is 4.27. The molecule has 85 valence electrons. The Morgan fingerprint density at radius 2 is 2.12 bits per heavy atom. The second-order valence-electron chi connectivity index (χ2n) is 3.26. The molecule has 0 saturated carbocycles. The molecule has 5 heteroatoms. The topological polar surface area (TPSA) is 37.4 Å². The van der Waals surface area contributed by atoms with E-state index < -0.39 is 17.8 Å². The van der Waals surface area contributed by atoms with Crippen molar-refractivity contribution in [1.82, 2.24) is 5.12 Å². The summed E-state index contributed by atoms with van der Waals surface area (Å²) in [6.07, 6.45) is 1.14. The Balaban J connectivity index is 2.82. The molecule has 1 radical (unpaired) electrons. The van der Waals surface area contributed by atoms with Crippen LogP contribution in [0.1, 0.15) is 12.5 Å². The summed E-state index contributed by atoms with van der Waals surface area (Å²) in [7, 11) is 0. The molecule has 0 N–H and O–H groups in total. The highest BCUT2D eigenvalue weighted by molar-refractivity contribution is 5.76. The third kappa shape index (κ3) is 2.85. The van der Waals surface area contributed by atoms with Crippen LogP contribution in [0, 0.1) is 5.82 Å². The van der Waals surface area contributed by atoms with Crippen molar-refractivity contribution >= 4 is 12.2 Å². The molecule has 1 aromatic carbocycles. The van der Waals surface area contributed by atoms with Gasteiger partial charge >= 0.3 is 0 Å². The molecular weight excluding hydrogens is 216 g/mol. The lowest BCUT2D eigenvalue weighted by Crippen LogP contribution is -2.35. The molecule has 1 aromatic rings. The van der Waals surface area contributed by atoms with Crippen molar-refractivity contribution < 1.29 is 18.5 Å². The van der Waals surface area contributed by atoms with Gasteiger partial charge in [0.2, 0.25) is 12.2 Å². The lowest BCUT2D eigenvalue weighted by molar-refractivity contribution is -0.146. The predicted octanol–water partition coefficient (Wildman–Crippen LogP) is 1.58. The van der Waals surface area contributed by atoms with E-state index in [9.17, 15) is 18.5 Å². The summed E-state index contributed by atoms with van der Waals surface area (Å²) in [5, 5.41) is -0.251. The van der Waals surface area contributed by atoms with E-state index in [1.165, 1.54) is 24.5 Å². The number of carbonyl (C=O) groups excluding carboxylic acids is 2. The maximum atomic E-state index is 13.2. The summed E-state index contributed by atoms with van der Waals surface area (Å²) in [4.78, 5) is 21.2. The quantitative estimate of drug-likeness (QED) is 0.731. The maximum Gasteiger partial charge on any atom is 0.247 e. The van der Waals surface area contributed by atoms with Gasteiger partial charge in [-0.3, -0.25) is 9.59 Å². The van der Waals surface area contributed by atoms with Crippen LogP contribution >= 0.6 is 0 Å². The Bertz CT molecular complexity index is 395. The number of amides is 1. The highest BCUT2D eigenvalue weighted by atomic mass is 19.2. The zero-order valence-electron chi connectivity index (χ0n) is 8.61. The van der Waals surface area contributed by atoms with Crippen molar-refractivity contribution in [1.29, 1.82) is 0 Å².